The molecule has 0 N–H and O–H groups in total. The van der Waals surface area contributed by atoms with Gasteiger partial charge in [0.25, 0.3) is 0 Å². The molecule has 0 amide bonds. The summed E-state index contributed by atoms with van der Waals surface area (Å²) in [6.45, 7) is 4.60. The van der Waals surface area contributed by atoms with E-state index in [1.165, 1.54) is 59.0 Å². The Labute approximate surface area is 185 Å². The summed E-state index contributed by atoms with van der Waals surface area (Å²) in [5.41, 5.74) is 8.82. The van der Waals surface area contributed by atoms with Crippen molar-refractivity contribution in [2.45, 2.75) is 51.0 Å². The summed E-state index contributed by atoms with van der Waals surface area (Å²) < 4.78 is 0. The fourth-order valence-electron chi connectivity index (χ4n) is 6.24. The lowest BCUT2D eigenvalue weighted by molar-refractivity contribution is 0.550. The Morgan fingerprint density at radius 1 is 0.710 bits per heavy atom. The molecule has 0 unspecified atom stereocenters. The quantitative estimate of drug-likeness (QED) is 0.333. The summed E-state index contributed by atoms with van der Waals surface area (Å²) in [7, 11) is 0. The van der Waals surface area contributed by atoms with Gasteiger partial charge in [-0.1, -0.05) is 79.6 Å². The molecule has 6 rings (SSSR count). The number of anilines is 2. The minimum Gasteiger partial charge on any atom is -0.338 e. The number of hydrogen-bond acceptors (Lipinski definition) is 1. The molecule has 1 nitrogen and oxygen atoms in total. The number of hydrogen-bond donors (Lipinski definition) is 0. The van der Waals surface area contributed by atoms with E-state index in [9.17, 15) is 0 Å². The van der Waals surface area contributed by atoms with E-state index < -0.39 is 0 Å². The Morgan fingerprint density at radius 3 is 2.26 bits per heavy atom. The molecule has 1 spiro atoms. The molecule has 1 heteroatoms. The highest BCUT2D eigenvalue weighted by atomic mass is 15.2. The SMILES string of the molecule is CC(C)N(c1ccc2c(c1)C1(CCCC1)c1ccccc1-2)c1cccc2ccccc12. The number of fused-ring (bicyclic) bond motifs is 6. The van der Waals surface area contributed by atoms with E-state index in [-0.39, 0.29) is 5.41 Å². The van der Waals surface area contributed by atoms with Gasteiger partial charge in [0.15, 0.2) is 0 Å². The van der Waals surface area contributed by atoms with Gasteiger partial charge in [0, 0.05) is 28.2 Å². The van der Waals surface area contributed by atoms with Crippen molar-refractivity contribution in [2.24, 2.45) is 0 Å². The molecule has 31 heavy (non-hydrogen) atoms. The zero-order valence-electron chi connectivity index (χ0n) is 18.4. The van der Waals surface area contributed by atoms with Crippen LogP contribution in [0, 0.1) is 0 Å². The van der Waals surface area contributed by atoms with Crippen LogP contribution in [0.2, 0.25) is 0 Å². The minimum atomic E-state index is 0.212. The third-order valence-electron chi connectivity index (χ3n) is 7.53. The third kappa shape index (κ3) is 2.69. The van der Waals surface area contributed by atoms with Crippen LogP contribution >= 0.6 is 0 Å². The van der Waals surface area contributed by atoms with Crippen LogP contribution in [0.25, 0.3) is 21.9 Å². The first-order chi connectivity index (χ1) is 15.2. The predicted molar refractivity (Wildman–Crippen MR) is 132 cm³/mol. The normalized spacial score (nSPS) is 16.1. The molecule has 4 aromatic rings. The number of nitrogens with zero attached hydrogens (tertiary/aromatic N) is 1. The molecule has 0 atom stereocenters. The second-order valence-electron chi connectivity index (χ2n) is 9.53. The summed E-state index contributed by atoms with van der Waals surface area (Å²) in [6, 6.07) is 32.2. The van der Waals surface area contributed by atoms with Gasteiger partial charge in [-0.25, -0.2) is 0 Å². The fourth-order valence-corrected chi connectivity index (χ4v) is 6.24. The van der Waals surface area contributed by atoms with Gasteiger partial charge in [0.05, 0.1) is 0 Å². The van der Waals surface area contributed by atoms with Crippen molar-refractivity contribution in [3.8, 4) is 11.1 Å². The largest absolute Gasteiger partial charge is 0.338 e. The standard InChI is InChI=1S/C30H29N/c1-21(2)31(29-15-9-11-22-10-3-4-12-24(22)29)23-16-17-26-25-13-5-6-14-27(25)30(28(26)20-23)18-7-8-19-30/h3-6,9-17,20-21H,7-8,18-19H2,1-2H3. The van der Waals surface area contributed by atoms with Gasteiger partial charge < -0.3 is 4.90 Å². The number of rotatable bonds is 3. The van der Waals surface area contributed by atoms with Crippen LogP contribution in [0.5, 0.6) is 0 Å². The molecule has 154 valence electrons. The van der Waals surface area contributed by atoms with Crippen LogP contribution in [0.1, 0.15) is 50.7 Å². The van der Waals surface area contributed by atoms with E-state index in [4.69, 9.17) is 0 Å². The Balaban J connectivity index is 1.55. The average Bonchev–Trinajstić information content (AvgIpc) is 3.39. The fraction of sp³-hybridized carbons (Fsp3) is 0.267. The molecule has 1 saturated carbocycles. The van der Waals surface area contributed by atoms with Crippen LogP contribution in [0.4, 0.5) is 11.4 Å². The summed E-state index contributed by atoms with van der Waals surface area (Å²) in [5.74, 6) is 0. The maximum Gasteiger partial charge on any atom is 0.0492 e. The van der Waals surface area contributed by atoms with Crippen LogP contribution in [-0.2, 0) is 5.41 Å². The van der Waals surface area contributed by atoms with Crippen molar-refractivity contribution in [1.29, 1.82) is 0 Å². The van der Waals surface area contributed by atoms with Crippen LogP contribution < -0.4 is 4.90 Å². The molecule has 0 radical (unpaired) electrons. The van der Waals surface area contributed by atoms with Gasteiger partial charge in [-0.15, -0.1) is 0 Å². The Kier molecular flexibility index (Phi) is 4.21. The Morgan fingerprint density at radius 2 is 1.42 bits per heavy atom. The first kappa shape index (κ1) is 18.7. The summed E-state index contributed by atoms with van der Waals surface area (Å²) in [5, 5.41) is 2.62. The Bertz CT molecular complexity index is 1270. The molecule has 0 bridgehead atoms. The third-order valence-corrected chi connectivity index (χ3v) is 7.53. The highest BCUT2D eigenvalue weighted by Crippen LogP contribution is 2.57. The Hall–Kier alpha value is -3.06. The lowest BCUT2D eigenvalue weighted by atomic mass is 9.76. The van der Waals surface area contributed by atoms with E-state index in [2.05, 4.69) is 104 Å². The van der Waals surface area contributed by atoms with E-state index in [0.717, 1.165) is 0 Å². The van der Waals surface area contributed by atoms with Crippen molar-refractivity contribution in [1.82, 2.24) is 0 Å². The van der Waals surface area contributed by atoms with Crippen molar-refractivity contribution in [3.05, 3.63) is 96.1 Å². The van der Waals surface area contributed by atoms with Gasteiger partial charge in [0.1, 0.15) is 0 Å². The maximum absolute atomic E-state index is 2.52. The maximum atomic E-state index is 2.52. The van der Waals surface area contributed by atoms with Crippen molar-refractivity contribution in [2.75, 3.05) is 4.90 Å². The highest BCUT2D eigenvalue weighted by Gasteiger charge is 2.45. The van der Waals surface area contributed by atoms with Crippen molar-refractivity contribution < 1.29 is 0 Å². The average molecular weight is 404 g/mol. The van der Waals surface area contributed by atoms with Crippen LogP contribution in [0.15, 0.2) is 84.9 Å². The molecule has 0 heterocycles. The van der Waals surface area contributed by atoms with E-state index in [1.807, 2.05) is 0 Å². The molecule has 0 aliphatic heterocycles. The molecule has 2 aliphatic carbocycles. The molecule has 4 aromatic carbocycles. The zero-order chi connectivity index (χ0) is 21.0. The topological polar surface area (TPSA) is 3.24 Å². The van der Waals surface area contributed by atoms with Gasteiger partial charge in [-0.2, -0.15) is 0 Å². The molecule has 0 saturated heterocycles. The molecule has 1 fully saturated rings. The molecular formula is C30H29N. The monoisotopic (exact) mass is 403 g/mol. The summed E-state index contributed by atoms with van der Waals surface area (Å²) in [4.78, 5) is 2.52. The minimum absolute atomic E-state index is 0.212. The smallest absolute Gasteiger partial charge is 0.0492 e. The molecule has 2 aliphatic rings. The second kappa shape index (κ2) is 6.99. The van der Waals surface area contributed by atoms with Gasteiger partial charge in [-0.3, -0.25) is 0 Å². The van der Waals surface area contributed by atoms with Gasteiger partial charge in [0.2, 0.25) is 0 Å². The summed E-state index contributed by atoms with van der Waals surface area (Å²) in [6.07, 6.45) is 5.21. The van der Waals surface area contributed by atoms with Gasteiger partial charge >= 0.3 is 0 Å². The molecular weight excluding hydrogens is 374 g/mol. The van der Waals surface area contributed by atoms with E-state index in [1.54, 1.807) is 11.1 Å². The van der Waals surface area contributed by atoms with Gasteiger partial charge in [-0.05, 0) is 72.5 Å². The lowest BCUT2D eigenvalue weighted by Crippen LogP contribution is -2.26. The first-order valence-electron chi connectivity index (χ1n) is 11.7. The lowest BCUT2D eigenvalue weighted by Gasteiger charge is -2.32. The van der Waals surface area contributed by atoms with Crippen molar-refractivity contribution in [3.63, 3.8) is 0 Å². The molecule has 0 aromatic heterocycles. The van der Waals surface area contributed by atoms with E-state index in [0.29, 0.717) is 6.04 Å². The zero-order valence-corrected chi connectivity index (χ0v) is 18.4. The highest BCUT2D eigenvalue weighted by molar-refractivity contribution is 5.96. The van der Waals surface area contributed by atoms with Crippen LogP contribution in [0.3, 0.4) is 0 Å². The number of benzene rings is 4. The first-order valence-corrected chi connectivity index (χ1v) is 11.7. The van der Waals surface area contributed by atoms with E-state index >= 15 is 0 Å². The van der Waals surface area contributed by atoms with Crippen molar-refractivity contribution >= 4 is 22.1 Å². The summed E-state index contributed by atoms with van der Waals surface area (Å²) >= 11 is 0. The second-order valence-corrected chi connectivity index (χ2v) is 9.53. The predicted octanol–water partition coefficient (Wildman–Crippen LogP) is 8.23. The van der Waals surface area contributed by atoms with Crippen LogP contribution in [-0.4, -0.2) is 6.04 Å².